The summed E-state index contributed by atoms with van der Waals surface area (Å²) in [6.07, 6.45) is 2.59. The minimum absolute atomic E-state index is 0.0394. The molecule has 1 saturated heterocycles. The maximum absolute atomic E-state index is 12.2. The van der Waals surface area contributed by atoms with Gasteiger partial charge in [0.25, 0.3) is 10.0 Å². The summed E-state index contributed by atoms with van der Waals surface area (Å²) >= 11 is 1.16. The first-order valence-electron chi connectivity index (χ1n) is 7.43. The van der Waals surface area contributed by atoms with Crippen LogP contribution in [0.25, 0.3) is 0 Å². The summed E-state index contributed by atoms with van der Waals surface area (Å²) in [5, 5.41) is 4.58. The number of aromatic nitrogens is 1. The number of anilines is 2. The Morgan fingerprint density at radius 2 is 1.85 bits per heavy atom. The summed E-state index contributed by atoms with van der Waals surface area (Å²) in [7, 11) is -7.02. The molecule has 0 unspecified atom stereocenters. The van der Waals surface area contributed by atoms with Gasteiger partial charge in [-0.3, -0.25) is 9.52 Å². The van der Waals surface area contributed by atoms with Crippen LogP contribution in [0.5, 0.6) is 0 Å². The van der Waals surface area contributed by atoms with Gasteiger partial charge in [0.15, 0.2) is 5.13 Å². The van der Waals surface area contributed by atoms with Crippen LogP contribution in [-0.4, -0.2) is 51.4 Å². The van der Waals surface area contributed by atoms with Crippen LogP contribution in [0.1, 0.15) is 0 Å². The van der Waals surface area contributed by atoms with Gasteiger partial charge in [0, 0.05) is 30.4 Å². The van der Waals surface area contributed by atoms with Crippen molar-refractivity contribution in [1.29, 1.82) is 0 Å². The van der Waals surface area contributed by atoms with Gasteiger partial charge >= 0.3 is 0 Å². The van der Waals surface area contributed by atoms with E-state index in [1.807, 2.05) is 0 Å². The van der Waals surface area contributed by atoms with Crippen LogP contribution in [-0.2, 0) is 24.8 Å². The number of thiazole rings is 1. The molecule has 0 bridgehead atoms. The van der Waals surface area contributed by atoms with Crippen molar-refractivity contribution in [2.24, 2.45) is 5.92 Å². The van der Waals surface area contributed by atoms with E-state index in [2.05, 4.69) is 15.0 Å². The number of carbonyl (C=O) groups excluding carboxylic acids is 1. The van der Waals surface area contributed by atoms with Crippen molar-refractivity contribution in [2.45, 2.75) is 4.90 Å². The second-order valence-corrected chi connectivity index (χ2v) is 10.3. The third-order valence-corrected chi connectivity index (χ3v) is 7.18. The van der Waals surface area contributed by atoms with Crippen LogP contribution in [0.3, 0.4) is 0 Å². The Morgan fingerprint density at radius 1 is 1.19 bits per heavy atom. The Labute approximate surface area is 155 Å². The molecule has 0 aliphatic carbocycles. The van der Waals surface area contributed by atoms with Crippen molar-refractivity contribution in [3.63, 3.8) is 0 Å². The van der Waals surface area contributed by atoms with E-state index in [-0.39, 0.29) is 29.0 Å². The maximum atomic E-state index is 12.2. The molecule has 0 saturated carbocycles. The number of sulfonamides is 2. The SMILES string of the molecule is CS(=O)(=O)N1CC(C(=O)Nc2ccc(S(=O)(=O)Nc3nccs3)cc2)C1. The van der Waals surface area contributed by atoms with E-state index in [0.717, 1.165) is 17.6 Å². The van der Waals surface area contributed by atoms with Crippen molar-refractivity contribution in [3.8, 4) is 0 Å². The molecular weight excluding hydrogens is 400 g/mol. The monoisotopic (exact) mass is 416 g/mol. The maximum Gasteiger partial charge on any atom is 0.263 e. The number of amides is 1. The first kappa shape index (κ1) is 18.8. The zero-order valence-corrected chi connectivity index (χ0v) is 16.1. The van der Waals surface area contributed by atoms with Gasteiger partial charge < -0.3 is 5.32 Å². The smallest absolute Gasteiger partial charge is 0.263 e. The van der Waals surface area contributed by atoms with Gasteiger partial charge in [-0.2, -0.15) is 0 Å². The minimum Gasteiger partial charge on any atom is -0.326 e. The predicted octanol–water partition coefficient (Wildman–Crippen LogP) is 0.774. The third-order valence-electron chi connectivity index (χ3n) is 3.77. The second kappa shape index (κ2) is 6.95. The number of nitrogens with zero attached hydrogens (tertiary/aromatic N) is 2. The molecule has 1 amide bonds. The Hall–Kier alpha value is -2.02. The molecule has 3 rings (SSSR count). The summed E-state index contributed by atoms with van der Waals surface area (Å²) in [6, 6.07) is 5.69. The molecule has 1 aliphatic heterocycles. The van der Waals surface area contributed by atoms with Gasteiger partial charge in [0.05, 0.1) is 17.1 Å². The van der Waals surface area contributed by atoms with Crippen LogP contribution in [0.15, 0.2) is 40.7 Å². The normalized spacial score (nSPS) is 16.0. The topological polar surface area (TPSA) is 126 Å². The molecule has 0 spiro atoms. The highest BCUT2D eigenvalue weighted by molar-refractivity contribution is 7.93. The third kappa shape index (κ3) is 4.20. The fourth-order valence-corrected chi connectivity index (χ4v) is 4.97. The number of benzene rings is 1. The van der Waals surface area contributed by atoms with Crippen molar-refractivity contribution < 1.29 is 21.6 Å². The lowest BCUT2D eigenvalue weighted by atomic mass is 10.0. The molecule has 1 aliphatic rings. The largest absolute Gasteiger partial charge is 0.326 e. The van der Waals surface area contributed by atoms with E-state index in [4.69, 9.17) is 0 Å². The summed E-state index contributed by atoms with van der Waals surface area (Å²) in [5.74, 6) is -0.721. The Balaban J connectivity index is 1.61. The molecule has 9 nitrogen and oxygen atoms in total. The Morgan fingerprint density at radius 3 is 2.38 bits per heavy atom. The number of carbonyl (C=O) groups is 1. The lowest BCUT2D eigenvalue weighted by Gasteiger charge is -2.35. The lowest BCUT2D eigenvalue weighted by Crippen LogP contribution is -2.53. The van der Waals surface area contributed by atoms with Gasteiger partial charge in [0.2, 0.25) is 15.9 Å². The van der Waals surface area contributed by atoms with Crippen LogP contribution >= 0.6 is 11.3 Å². The number of rotatable bonds is 6. The van der Waals surface area contributed by atoms with E-state index >= 15 is 0 Å². The zero-order valence-electron chi connectivity index (χ0n) is 13.6. The minimum atomic E-state index is -3.75. The first-order chi connectivity index (χ1) is 12.1. The molecule has 140 valence electrons. The van der Waals surface area contributed by atoms with E-state index in [1.54, 1.807) is 5.38 Å². The van der Waals surface area contributed by atoms with Crippen molar-refractivity contribution >= 4 is 48.1 Å². The Kier molecular flexibility index (Phi) is 5.01. The van der Waals surface area contributed by atoms with E-state index in [0.29, 0.717) is 5.69 Å². The molecule has 0 atom stereocenters. The van der Waals surface area contributed by atoms with E-state index in [1.165, 1.54) is 34.8 Å². The molecule has 0 radical (unpaired) electrons. The molecule has 1 aromatic carbocycles. The molecule has 2 aromatic rings. The van der Waals surface area contributed by atoms with Crippen molar-refractivity contribution in [3.05, 3.63) is 35.8 Å². The zero-order chi connectivity index (χ0) is 18.9. The fourth-order valence-electron chi connectivity index (χ4n) is 2.28. The molecule has 1 fully saturated rings. The van der Waals surface area contributed by atoms with Crippen molar-refractivity contribution in [2.75, 3.05) is 29.4 Å². The standard InChI is InChI=1S/C14H16N4O5S3/c1-25(20,21)18-8-10(9-18)13(19)16-11-2-4-12(5-3-11)26(22,23)17-14-15-6-7-24-14/h2-7,10H,8-9H2,1H3,(H,15,17)(H,16,19). The van der Waals surface area contributed by atoms with Crippen LogP contribution in [0, 0.1) is 5.92 Å². The van der Waals surface area contributed by atoms with Crippen LogP contribution < -0.4 is 10.0 Å². The average Bonchev–Trinajstić information content (AvgIpc) is 2.96. The number of nitrogens with one attached hydrogen (secondary N) is 2. The fraction of sp³-hybridized carbons (Fsp3) is 0.286. The van der Waals surface area contributed by atoms with Crippen LogP contribution in [0.2, 0.25) is 0 Å². The van der Waals surface area contributed by atoms with Gasteiger partial charge in [0.1, 0.15) is 0 Å². The molecule has 26 heavy (non-hydrogen) atoms. The molecular formula is C14H16N4O5S3. The van der Waals surface area contributed by atoms with Crippen LogP contribution in [0.4, 0.5) is 10.8 Å². The highest BCUT2D eigenvalue weighted by atomic mass is 32.2. The van der Waals surface area contributed by atoms with Gasteiger partial charge in [-0.15, -0.1) is 11.3 Å². The highest BCUT2D eigenvalue weighted by Gasteiger charge is 2.37. The van der Waals surface area contributed by atoms with Gasteiger partial charge in [-0.25, -0.2) is 26.1 Å². The molecule has 2 N–H and O–H groups in total. The summed E-state index contributed by atoms with van der Waals surface area (Å²) in [4.78, 5) is 16.0. The lowest BCUT2D eigenvalue weighted by molar-refractivity contribution is -0.122. The van der Waals surface area contributed by atoms with Crippen molar-refractivity contribution in [1.82, 2.24) is 9.29 Å². The molecule has 1 aromatic heterocycles. The Bertz CT molecular complexity index is 995. The summed E-state index contributed by atoms with van der Waals surface area (Å²) in [6.45, 7) is 0.295. The highest BCUT2D eigenvalue weighted by Crippen LogP contribution is 2.22. The van der Waals surface area contributed by atoms with E-state index in [9.17, 15) is 21.6 Å². The molecule has 12 heteroatoms. The quantitative estimate of drug-likeness (QED) is 0.717. The average molecular weight is 417 g/mol. The van der Waals surface area contributed by atoms with E-state index < -0.39 is 26.0 Å². The number of hydrogen-bond donors (Lipinski definition) is 2. The second-order valence-electron chi connectivity index (χ2n) is 5.73. The number of hydrogen-bond acceptors (Lipinski definition) is 7. The van der Waals surface area contributed by atoms with Gasteiger partial charge in [-0.05, 0) is 24.3 Å². The molecule has 2 heterocycles. The predicted molar refractivity (Wildman–Crippen MR) is 97.9 cm³/mol. The summed E-state index contributed by atoms with van der Waals surface area (Å²) < 4.78 is 50.7. The van der Waals surface area contributed by atoms with Gasteiger partial charge in [-0.1, -0.05) is 0 Å². The first-order valence-corrected chi connectivity index (χ1v) is 11.6. The summed E-state index contributed by atoms with van der Waals surface area (Å²) in [5.41, 5.74) is 0.431.